The zero-order valence-corrected chi connectivity index (χ0v) is 12.9. The predicted octanol–water partition coefficient (Wildman–Crippen LogP) is 1.88. The van der Waals surface area contributed by atoms with Gasteiger partial charge in [-0.2, -0.15) is 0 Å². The summed E-state index contributed by atoms with van der Waals surface area (Å²) in [5.41, 5.74) is 1.20. The highest BCUT2D eigenvalue weighted by atomic mass is 16.5. The quantitative estimate of drug-likeness (QED) is 0.899. The predicted molar refractivity (Wildman–Crippen MR) is 82.1 cm³/mol. The molecule has 0 bridgehead atoms. The molecule has 0 aromatic carbocycles. The van der Waals surface area contributed by atoms with E-state index in [0.29, 0.717) is 0 Å². The molecule has 2 fully saturated rings. The molecule has 116 valence electrons. The highest BCUT2D eigenvalue weighted by Crippen LogP contribution is 2.50. The lowest BCUT2D eigenvalue weighted by Gasteiger charge is -2.56. The summed E-state index contributed by atoms with van der Waals surface area (Å²) < 4.78 is 5.82. The Hall–Kier alpha value is -0.970. The third-order valence-electron chi connectivity index (χ3n) is 5.31. The van der Waals surface area contributed by atoms with Crippen molar-refractivity contribution in [2.24, 2.45) is 5.41 Å². The van der Waals surface area contributed by atoms with Crippen molar-refractivity contribution in [1.29, 1.82) is 0 Å². The van der Waals surface area contributed by atoms with Gasteiger partial charge in [-0.1, -0.05) is 6.07 Å². The number of hydrogen-bond donors (Lipinski definition) is 1. The van der Waals surface area contributed by atoms with Crippen molar-refractivity contribution < 1.29 is 9.84 Å². The number of aliphatic hydroxyl groups excluding tert-OH is 1. The zero-order valence-electron chi connectivity index (χ0n) is 12.9. The molecular weight excluding hydrogens is 264 g/mol. The monoisotopic (exact) mass is 290 g/mol. The molecule has 21 heavy (non-hydrogen) atoms. The lowest BCUT2D eigenvalue weighted by molar-refractivity contribution is -0.209. The fraction of sp³-hybridized carbons (Fsp3) is 0.706. The zero-order chi connectivity index (χ0) is 14.7. The summed E-state index contributed by atoms with van der Waals surface area (Å²) in [5, 5.41) is 10.2. The van der Waals surface area contributed by atoms with Crippen LogP contribution in [0, 0.1) is 5.41 Å². The van der Waals surface area contributed by atoms with E-state index in [4.69, 9.17) is 4.74 Å². The van der Waals surface area contributed by atoms with Crippen molar-refractivity contribution in [2.75, 3.05) is 26.2 Å². The first kappa shape index (κ1) is 14.9. The summed E-state index contributed by atoms with van der Waals surface area (Å²) >= 11 is 0. The summed E-state index contributed by atoms with van der Waals surface area (Å²) in [6.45, 7) is 5.98. The molecule has 2 aliphatic rings. The molecule has 2 heterocycles. The van der Waals surface area contributed by atoms with Crippen LogP contribution in [0.4, 0.5) is 0 Å². The number of aromatic nitrogens is 1. The van der Waals surface area contributed by atoms with Crippen LogP contribution in [-0.4, -0.2) is 53.4 Å². The minimum absolute atomic E-state index is 0.0392. The molecule has 0 amide bonds. The number of piperidine rings is 1. The van der Waals surface area contributed by atoms with Crippen LogP contribution in [-0.2, 0) is 11.2 Å². The number of rotatable bonds is 5. The fourth-order valence-corrected chi connectivity index (χ4v) is 3.83. The van der Waals surface area contributed by atoms with E-state index in [1.165, 1.54) is 0 Å². The van der Waals surface area contributed by atoms with E-state index >= 15 is 0 Å². The van der Waals surface area contributed by atoms with Gasteiger partial charge in [0.15, 0.2) is 0 Å². The van der Waals surface area contributed by atoms with Crippen molar-refractivity contribution in [3.05, 3.63) is 30.1 Å². The summed E-state index contributed by atoms with van der Waals surface area (Å²) in [4.78, 5) is 6.87. The van der Waals surface area contributed by atoms with Gasteiger partial charge in [0, 0.05) is 43.3 Å². The van der Waals surface area contributed by atoms with Crippen molar-refractivity contribution in [2.45, 2.75) is 44.8 Å². The van der Waals surface area contributed by atoms with Gasteiger partial charge in [-0.05, 0) is 45.0 Å². The van der Waals surface area contributed by atoms with Gasteiger partial charge in [-0.25, -0.2) is 0 Å². The SMILES string of the molecule is CCOC1CC(O)C12CCN(CCc1ccccn1)CC2. The lowest BCUT2D eigenvalue weighted by atomic mass is 9.58. The van der Waals surface area contributed by atoms with Crippen molar-refractivity contribution in [3.8, 4) is 0 Å². The fourth-order valence-electron chi connectivity index (χ4n) is 3.83. The molecule has 4 heteroatoms. The maximum absolute atomic E-state index is 10.2. The van der Waals surface area contributed by atoms with Gasteiger partial charge in [0.2, 0.25) is 0 Å². The molecule has 1 spiro atoms. The van der Waals surface area contributed by atoms with Gasteiger partial charge in [0.25, 0.3) is 0 Å². The van der Waals surface area contributed by atoms with Gasteiger partial charge in [0.05, 0.1) is 12.2 Å². The second kappa shape index (κ2) is 6.42. The van der Waals surface area contributed by atoms with Crippen LogP contribution in [0.2, 0.25) is 0 Å². The molecule has 1 saturated heterocycles. The Morgan fingerprint density at radius 3 is 2.81 bits per heavy atom. The summed E-state index contributed by atoms with van der Waals surface area (Å²) in [6, 6.07) is 6.09. The number of hydrogen-bond acceptors (Lipinski definition) is 4. The molecule has 1 aromatic heterocycles. The van der Waals surface area contributed by atoms with Crippen molar-refractivity contribution >= 4 is 0 Å². The molecule has 4 nitrogen and oxygen atoms in total. The van der Waals surface area contributed by atoms with Crippen LogP contribution in [0.3, 0.4) is 0 Å². The van der Waals surface area contributed by atoms with E-state index in [1.54, 1.807) is 0 Å². The van der Waals surface area contributed by atoms with Crippen molar-refractivity contribution in [1.82, 2.24) is 9.88 Å². The van der Waals surface area contributed by atoms with E-state index in [0.717, 1.165) is 57.6 Å². The summed E-state index contributed by atoms with van der Waals surface area (Å²) in [5.74, 6) is 0. The Balaban J connectivity index is 1.49. The number of likely N-dealkylation sites (tertiary alicyclic amines) is 1. The van der Waals surface area contributed by atoms with Crippen LogP contribution < -0.4 is 0 Å². The standard InChI is InChI=1S/C17H26N2O2/c1-2-21-16-13-15(20)17(16)7-11-19(12-8-17)10-6-14-5-3-4-9-18-14/h3-5,9,15-16,20H,2,6-8,10-13H2,1H3. The highest BCUT2D eigenvalue weighted by molar-refractivity contribution is 5.07. The van der Waals surface area contributed by atoms with Gasteiger partial charge in [0.1, 0.15) is 0 Å². The first-order chi connectivity index (χ1) is 10.2. The molecule has 1 saturated carbocycles. The van der Waals surface area contributed by atoms with Gasteiger partial charge in [-0.15, -0.1) is 0 Å². The Morgan fingerprint density at radius 2 is 2.19 bits per heavy atom. The smallest absolute Gasteiger partial charge is 0.0681 e. The molecular formula is C17H26N2O2. The Bertz CT molecular complexity index is 441. The minimum Gasteiger partial charge on any atom is -0.392 e. The molecule has 1 aliphatic heterocycles. The molecule has 3 rings (SSSR count). The molecule has 1 N–H and O–H groups in total. The third-order valence-corrected chi connectivity index (χ3v) is 5.31. The summed E-state index contributed by atoms with van der Waals surface area (Å²) in [7, 11) is 0. The lowest BCUT2D eigenvalue weighted by Crippen LogP contribution is -2.62. The van der Waals surface area contributed by atoms with Gasteiger partial charge in [-0.3, -0.25) is 4.98 Å². The van der Waals surface area contributed by atoms with E-state index in [-0.39, 0.29) is 17.6 Å². The Morgan fingerprint density at radius 1 is 1.38 bits per heavy atom. The first-order valence-electron chi connectivity index (χ1n) is 8.16. The molecule has 2 unspecified atom stereocenters. The summed E-state index contributed by atoms with van der Waals surface area (Å²) in [6.07, 6.45) is 5.91. The van der Waals surface area contributed by atoms with Crippen LogP contribution in [0.15, 0.2) is 24.4 Å². The Labute approximate surface area is 127 Å². The van der Waals surface area contributed by atoms with E-state index in [1.807, 2.05) is 25.3 Å². The maximum Gasteiger partial charge on any atom is 0.0681 e. The number of pyridine rings is 1. The van der Waals surface area contributed by atoms with Crippen molar-refractivity contribution in [3.63, 3.8) is 0 Å². The van der Waals surface area contributed by atoms with Gasteiger partial charge >= 0.3 is 0 Å². The van der Waals surface area contributed by atoms with Crippen LogP contribution in [0.25, 0.3) is 0 Å². The largest absolute Gasteiger partial charge is 0.392 e. The molecule has 1 aliphatic carbocycles. The normalized spacial score (nSPS) is 28.5. The number of aliphatic hydroxyl groups is 1. The number of nitrogens with zero attached hydrogens (tertiary/aromatic N) is 2. The maximum atomic E-state index is 10.2. The van der Waals surface area contributed by atoms with Gasteiger partial charge < -0.3 is 14.7 Å². The minimum atomic E-state index is -0.160. The number of ether oxygens (including phenoxy) is 1. The van der Waals surface area contributed by atoms with Crippen LogP contribution in [0.5, 0.6) is 0 Å². The Kier molecular flexibility index (Phi) is 4.57. The van der Waals surface area contributed by atoms with E-state index in [9.17, 15) is 5.11 Å². The van der Waals surface area contributed by atoms with Crippen LogP contribution >= 0.6 is 0 Å². The average molecular weight is 290 g/mol. The third kappa shape index (κ3) is 2.98. The first-order valence-corrected chi connectivity index (χ1v) is 8.16. The second-order valence-corrected chi connectivity index (χ2v) is 6.34. The highest BCUT2D eigenvalue weighted by Gasteiger charge is 2.55. The molecule has 1 aromatic rings. The molecule has 0 radical (unpaired) electrons. The average Bonchev–Trinajstić information content (AvgIpc) is 2.54. The second-order valence-electron chi connectivity index (χ2n) is 6.34. The van der Waals surface area contributed by atoms with E-state index in [2.05, 4.69) is 16.0 Å². The van der Waals surface area contributed by atoms with Crippen LogP contribution in [0.1, 0.15) is 31.9 Å². The van der Waals surface area contributed by atoms with E-state index < -0.39 is 0 Å². The topological polar surface area (TPSA) is 45.6 Å². The molecule has 2 atom stereocenters.